The van der Waals surface area contributed by atoms with Crippen molar-refractivity contribution >= 4 is 11.7 Å². The van der Waals surface area contributed by atoms with Crippen LogP contribution in [0.1, 0.15) is 17.5 Å². The van der Waals surface area contributed by atoms with Gasteiger partial charge in [0, 0.05) is 13.0 Å². The highest BCUT2D eigenvalue weighted by molar-refractivity contribution is 5.90. The number of rotatable bonds is 4. The van der Waals surface area contributed by atoms with E-state index in [4.69, 9.17) is 4.74 Å². The Morgan fingerprint density at radius 2 is 1.88 bits per heavy atom. The van der Waals surface area contributed by atoms with Gasteiger partial charge in [0.1, 0.15) is 5.75 Å². The average Bonchev–Trinajstić information content (AvgIpc) is 2.60. The molecule has 0 spiro atoms. The van der Waals surface area contributed by atoms with E-state index in [0.29, 0.717) is 24.3 Å². The van der Waals surface area contributed by atoms with Gasteiger partial charge >= 0.3 is 6.03 Å². The zero-order valence-corrected chi connectivity index (χ0v) is 13.7. The first kappa shape index (κ1) is 16.3. The van der Waals surface area contributed by atoms with Crippen molar-refractivity contribution in [3.8, 4) is 5.75 Å². The number of carbonyl (C=O) groups is 1. The number of hydrogen-bond acceptors (Lipinski definition) is 3. The summed E-state index contributed by atoms with van der Waals surface area (Å²) in [7, 11) is 1.56. The standard InChI is InChI=1S/C19H22N2O3/c1-24-17-9-5-4-8-16(17)21-18(22)20-13-19(23)11-10-14-6-2-3-7-15(14)12-19/h2-9,23H,10-13H2,1H3,(H2,20,21,22). The molecule has 126 valence electrons. The van der Waals surface area contributed by atoms with Gasteiger partial charge in [0.25, 0.3) is 0 Å². The Bertz CT molecular complexity index is 732. The fraction of sp³-hybridized carbons (Fsp3) is 0.316. The number of nitrogens with one attached hydrogen (secondary N) is 2. The third-order valence-corrected chi connectivity index (χ3v) is 4.43. The van der Waals surface area contributed by atoms with E-state index in [9.17, 15) is 9.90 Å². The SMILES string of the molecule is COc1ccccc1NC(=O)NCC1(O)CCc2ccccc2C1. The van der Waals surface area contributed by atoms with Gasteiger partial charge in [-0.1, -0.05) is 36.4 Å². The maximum atomic E-state index is 12.1. The maximum absolute atomic E-state index is 12.1. The van der Waals surface area contributed by atoms with E-state index >= 15 is 0 Å². The number of hydrogen-bond donors (Lipinski definition) is 3. The highest BCUT2D eigenvalue weighted by Gasteiger charge is 2.32. The maximum Gasteiger partial charge on any atom is 0.319 e. The van der Waals surface area contributed by atoms with Crippen molar-refractivity contribution in [1.82, 2.24) is 5.32 Å². The molecular weight excluding hydrogens is 304 g/mol. The smallest absolute Gasteiger partial charge is 0.319 e. The zero-order chi connectivity index (χ0) is 17.0. The number of carbonyl (C=O) groups excluding carboxylic acids is 1. The van der Waals surface area contributed by atoms with Gasteiger partial charge in [-0.2, -0.15) is 0 Å². The van der Waals surface area contributed by atoms with Crippen LogP contribution in [0, 0.1) is 0 Å². The third-order valence-electron chi connectivity index (χ3n) is 4.43. The molecule has 0 heterocycles. The lowest BCUT2D eigenvalue weighted by Gasteiger charge is -2.33. The average molecular weight is 326 g/mol. The number of urea groups is 1. The lowest BCUT2D eigenvalue weighted by Crippen LogP contribution is -2.47. The molecule has 0 saturated carbocycles. The second-order valence-corrected chi connectivity index (χ2v) is 6.18. The van der Waals surface area contributed by atoms with Crippen LogP contribution in [-0.4, -0.2) is 30.4 Å². The van der Waals surface area contributed by atoms with Crippen LogP contribution in [0.4, 0.5) is 10.5 Å². The highest BCUT2D eigenvalue weighted by Crippen LogP contribution is 2.28. The first-order valence-corrected chi connectivity index (χ1v) is 8.07. The topological polar surface area (TPSA) is 70.6 Å². The quantitative estimate of drug-likeness (QED) is 0.809. The molecule has 5 heteroatoms. The third kappa shape index (κ3) is 3.68. The van der Waals surface area contributed by atoms with Crippen LogP contribution in [0.25, 0.3) is 0 Å². The molecule has 1 aliphatic rings. The van der Waals surface area contributed by atoms with Crippen LogP contribution in [0.3, 0.4) is 0 Å². The number of fused-ring (bicyclic) bond motifs is 1. The van der Waals surface area contributed by atoms with Crippen LogP contribution >= 0.6 is 0 Å². The summed E-state index contributed by atoms with van der Waals surface area (Å²) in [5, 5.41) is 16.3. The first-order chi connectivity index (χ1) is 11.6. The van der Waals surface area contributed by atoms with E-state index in [1.54, 1.807) is 19.2 Å². The van der Waals surface area contributed by atoms with Crippen LogP contribution in [-0.2, 0) is 12.8 Å². The molecule has 2 aromatic carbocycles. The van der Waals surface area contributed by atoms with Crippen molar-refractivity contribution in [2.24, 2.45) is 0 Å². The molecule has 0 saturated heterocycles. The Morgan fingerprint density at radius 1 is 1.17 bits per heavy atom. The predicted octanol–water partition coefficient (Wildman–Crippen LogP) is 2.74. The summed E-state index contributed by atoms with van der Waals surface area (Å²) in [5.41, 5.74) is 2.12. The molecule has 0 fully saturated rings. The number of benzene rings is 2. The van der Waals surface area contributed by atoms with Crippen molar-refractivity contribution in [3.05, 3.63) is 59.7 Å². The van der Waals surface area contributed by atoms with Gasteiger partial charge < -0.3 is 20.5 Å². The van der Waals surface area contributed by atoms with Gasteiger partial charge in [0.15, 0.2) is 0 Å². The molecule has 1 unspecified atom stereocenters. The Hall–Kier alpha value is -2.53. The van der Waals surface area contributed by atoms with Crippen LogP contribution in [0.15, 0.2) is 48.5 Å². The van der Waals surface area contributed by atoms with Gasteiger partial charge in [-0.05, 0) is 36.1 Å². The molecule has 5 nitrogen and oxygen atoms in total. The van der Waals surface area contributed by atoms with Gasteiger partial charge in [-0.3, -0.25) is 0 Å². The lowest BCUT2D eigenvalue weighted by molar-refractivity contribution is 0.0295. The van der Waals surface area contributed by atoms with E-state index in [1.165, 1.54) is 5.56 Å². The van der Waals surface area contributed by atoms with E-state index in [2.05, 4.69) is 16.7 Å². The van der Waals surface area contributed by atoms with Crippen molar-refractivity contribution in [2.45, 2.75) is 24.9 Å². The minimum Gasteiger partial charge on any atom is -0.495 e. The summed E-state index contributed by atoms with van der Waals surface area (Å²) < 4.78 is 5.21. The Morgan fingerprint density at radius 3 is 2.67 bits per heavy atom. The summed E-state index contributed by atoms with van der Waals surface area (Å²) in [6, 6.07) is 15.0. The second kappa shape index (κ2) is 6.93. The van der Waals surface area contributed by atoms with Gasteiger partial charge in [-0.15, -0.1) is 0 Å². The fourth-order valence-corrected chi connectivity index (χ4v) is 3.09. The first-order valence-electron chi connectivity index (χ1n) is 8.07. The van der Waals surface area contributed by atoms with Gasteiger partial charge in [-0.25, -0.2) is 4.79 Å². The second-order valence-electron chi connectivity index (χ2n) is 6.18. The van der Waals surface area contributed by atoms with Crippen molar-refractivity contribution in [2.75, 3.05) is 19.0 Å². The van der Waals surface area contributed by atoms with E-state index in [1.807, 2.05) is 30.3 Å². The van der Waals surface area contributed by atoms with Crippen molar-refractivity contribution in [3.63, 3.8) is 0 Å². The number of aliphatic hydroxyl groups is 1. The van der Waals surface area contributed by atoms with Crippen LogP contribution < -0.4 is 15.4 Å². The number of methoxy groups -OCH3 is 1. The van der Waals surface area contributed by atoms with Gasteiger partial charge in [0.05, 0.1) is 18.4 Å². The summed E-state index contributed by atoms with van der Waals surface area (Å²) in [6.07, 6.45) is 2.01. The molecule has 0 radical (unpaired) electrons. The molecule has 2 aromatic rings. The largest absolute Gasteiger partial charge is 0.495 e. The lowest BCUT2D eigenvalue weighted by atomic mass is 9.80. The van der Waals surface area contributed by atoms with Crippen molar-refractivity contribution in [1.29, 1.82) is 0 Å². The molecule has 3 rings (SSSR count). The molecular formula is C19H22N2O3. The van der Waals surface area contributed by atoms with E-state index in [0.717, 1.165) is 12.0 Å². The number of anilines is 1. The molecule has 1 aliphatic carbocycles. The molecule has 3 N–H and O–H groups in total. The Balaban J connectivity index is 1.58. The predicted molar refractivity (Wildman–Crippen MR) is 93.4 cm³/mol. The van der Waals surface area contributed by atoms with Gasteiger partial charge in [0.2, 0.25) is 0 Å². The minimum atomic E-state index is -0.910. The Labute approximate surface area is 141 Å². The fourth-order valence-electron chi connectivity index (χ4n) is 3.09. The van der Waals surface area contributed by atoms with Crippen molar-refractivity contribution < 1.29 is 14.6 Å². The summed E-state index contributed by atoms with van der Waals surface area (Å²) in [5.74, 6) is 0.595. The summed E-state index contributed by atoms with van der Waals surface area (Å²) in [4.78, 5) is 12.1. The summed E-state index contributed by atoms with van der Waals surface area (Å²) in [6.45, 7) is 0.211. The Kier molecular flexibility index (Phi) is 4.71. The summed E-state index contributed by atoms with van der Waals surface area (Å²) >= 11 is 0. The molecule has 1 atom stereocenters. The molecule has 0 aromatic heterocycles. The molecule has 0 bridgehead atoms. The normalized spacial score (nSPS) is 19.2. The highest BCUT2D eigenvalue weighted by atomic mass is 16.5. The molecule has 24 heavy (non-hydrogen) atoms. The number of para-hydroxylation sites is 2. The van der Waals surface area contributed by atoms with Crippen LogP contribution in [0.5, 0.6) is 5.75 Å². The number of amides is 2. The monoisotopic (exact) mass is 326 g/mol. The zero-order valence-electron chi connectivity index (χ0n) is 13.7. The van der Waals surface area contributed by atoms with E-state index < -0.39 is 5.60 Å². The molecule has 2 amide bonds. The number of aryl methyl sites for hydroxylation is 1. The van der Waals surface area contributed by atoms with Crippen LogP contribution in [0.2, 0.25) is 0 Å². The number of ether oxygens (including phenoxy) is 1. The van der Waals surface area contributed by atoms with E-state index in [-0.39, 0.29) is 12.6 Å². The minimum absolute atomic E-state index is 0.211. The molecule has 0 aliphatic heterocycles.